The summed E-state index contributed by atoms with van der Waals surface area (Å²) in [4.78, 5) is 24.7. The Bertz CT molecular complexity index is 1200. The highest BCUT2D eigenvalue weighted by atomic mass is 32.2. The highest BCUT2D eigenvalue weighted by molar-refractivity contribution is 7.89. The lowest BCUT2D eigenvalue weighted by Gasteiger charge is -2.26. The molecule has 1 aliphatic carbocycles. The highest BCUT2D eigenvalue weighted by Crippen LogP contribution is 2.29. The molecule has 2 aromatic rings. The third-order valence-corrected chi connectivity index (χ3v) is 7.43. The number of rotatable bonds is 8. The van der Waals surface area contributed by atoms with Crippen molar-refractivity contribution in [1.29, 1.82) is 0 Å². The molecule has 180 valence electrons. The van der Waals surface area contributed by atoms with E-state index in [1.54, 1.807) is 36.4 Å². The Kier molecular flexibility index (Phi) is 7.30. The van der Waals surface area contributed by atoms with Gasteiger partial charge >= 0.3 is 0 Å². The minimum absolute atomic E-state index is 0.0360. The molecule has 10 heteroatoms. The Morgan fingerprint density at radius 2 is 1.88 bits per heavy atom. The molecule has 4 rings (SSSR count). The van der Waals surface area contributed by atoms with E-state index in [9.17, 15) is 18.0 Å². The van der Waals surface area contributed by atoms with E-state index < -0.39 is 15.9 Å². The number of nitrogens with one attached hydrogen (secondary N) is 2. The standard InChI is InChI=1S/C24H27N3O6S/c1-32-21-9-5-17(15-22(21)34(30,31)27-11-13-33-14-12-27)6-10-23(28)25-20-4-2-3-18(16-20)24(29)26-19-7-8-19/h2-6,9-10,15-16,19H,7-8,11-14H2,1H3,(H,25,28)(H,26,29)/b10-6+. The predicted octanol–water partition coefficient (Wildman–Crippen LogP) is 2.26. The van der Waals surface area contributed by atoms with Gasteiger partial charge in [-0.3, -0.25) is 9.59 Å². The van der Waals surface area contributed by atoms with Crippen LogP contribution >= 0.6 is 0 Å². The van der Waals surface area contributed by atoms with Crippen molar-refractivity contribution in [3.63, 3.8) is 0 Å². The zero-order valence-corrected chi connectivity index (χ0v) is 19.6. The van der Waals surface area contributed by atoms with E-state index in [-0.39, 0.29) is 35.7 Å². The molecule has 0 bridgehead atoms. The molecule has 1 aliphatic heterocycles. The average molecular weight is 486 g/mol. The number of hydrogen-bond acceptors (Lipinski definition) is 6. The van der Waals surface area contributed by atoms with Gasteiger partial charge in [-0.1, -0.05) is 12.1 Å². The molecule has 1 heterocycles. The number of nitrogens with zero attached hydrogens (tertiary/aromatic N) is 1. The van der Waals surface area contributed by atoms with Gasteiger partial charge in [-0.05, 0) is 54.8 Å². The summed E-state index contributed by atoms with van der Waals surface area (Å²) in [6, 6.07) is 11.7. The van der Waals surface area contributed by atoms with Crippen LogP contribution in [-0.4, -0.2) is 64.0 Å². The molecule has 9 nitrogen and oxygen atoms in total. The van der Waals surface area contributed by atoms with Crippen molar-refractivity contribution in [2.75, 3.05) is 38.7 Å². The lowest BCUT2D eigenvalue weighted by Crippen LogP contribution is -2.40. The summed E-state index contributed by atoms with van der Waals surface area (Å²) in [6.45, 7) is 1.22. The van der Waals surface area contributed by atoms with Gasteiger partial charge in [0.15, 0.2) is 0 Å². The molecule has 2 amide bonds. The van der Waals surface area contributed by atoms with E-state index in [1.165, 1.54) is 29.6 Å². The van der Waals surface area contributed by atoms with Gasteiger partial charge in [-0.15, -0.1) is 0 Å². The average Bonchev–Trinajstić information content (AvgIpc) is 3.67. The van der Waals surface area contributed by atoms with Gasteiger partial charge < -0.3 is 20.1 Å². The summed E-state index contributed by atoms with van der Waals surface area (Å²) < 4.78 is 38.1. The summed E-state index contributed by atoms with van der Waals surface area (Å²) in [6.07, 6.45) is 4.82. The van der Waals surface area contributed by atoms with Gasteiger partial charge in [0.25, 0.3) is 5.91 Å². The van der Waals surface area contributed by atoms with Gasteiger partial charge in [-0.2, -0.15) is 4.31 Å². The Hall–Kier alpha value is -3.21. The molecule has 2 N–H and O–H groups in total. The van der Waals surface area contributed by atoms with E-state index in [1.807, 2.05) is 0 Å². The van der Waals surface area contributed by atoms with E-state index in [0.717, 1.165) is 12.8 Å². The van der Waals surface area contributed by atoms with Crippen LogP contribution in [0.15, 0.2) is 53.4 Å². The maximum atomic E-state index is 13.1. The molecule has 0 unspecified atom stereocenters. The molecule has 1 saturated carbocycles. The van der Waals surface area contributed by atoms with Crippen LogP contribution in [0.3, 0.4) is 0 Å². The molecule has 0 spiro atoms. The molecule has 1 saturated heterocycles. The number of methoxy groups -OCH3 is 1. The number of sulfonamides is 1. The number of amides is 2. The van der Waals surface area contributed by atoms with Crippen molar-refractivity contribution in [3.05, 3.63) is 59.7 Å². The molecule has 0 atom stereocenters. The molecule has 2 fully saturated rings. The van der Waals surface area contributed by atoms with Crippen LogP contribution in [-0.2, 0) is 19.6 Å². The van der Waals surface area contributed by atoms with Gasteiger partial charge in [0, 0.05) is 36.5 Å². The van der Waals surface area contributed by atoms with E-state index in [4.69, 9.17) is 9.47 Å². The normalized spacial score (nSPS) is 16.9. The van der Waals surface area contributed by atoms with Crippen LogP contribution in [0.5, 0.6) is 5.75 Å². The zero-order valence-electron chi connectivity index (χ0n) is 18.8. The van der Waals surface area contributed by atoms with Crippen molar-refractivity contribution < 1.29 is 27.5 Å². The number of hydrogen-bond donors (Lipinski definition) is 2. The predicted molar refractivity (Wildman–Crippen MR) is 127 cm³/mol. The van der Waals surface area contributed by atoms with Crippen molar-refractivity contribution in [2.24, 2.45) is 0 Å². The second kappa shape index (κ2) is 10.4. The van der Waals surface area contributed by atoms with Gasteiger partial charge in [0.2, 0.25) is 15.9 Å². The molecule has 34 heavy (non-hydrogen) atoms. The summed E-state index contributed by atoms with van der Waals surface area (Å²) in [5, 5.41) is 5.64. The van der Waals surface area contributed by atoms with E-state index in [2.05, 4.69) is 10.6 Å². The minimum atomic E-state index is -3.78. The summed E-state index contributed by atoms with van der Waals surface area (Å²) in [5.74, 6) is -0.344. The van der Waals surface area contributed by atoms with Gasteiger partial charge in [0.1, 0.15) is 10.6 Å². The first kappa shape index (κ1) is 23.9. The fourth-order valence-corrected chi connectivity index (χ4v) is 5.11. The van der Waals surface area contributed by atoms with Crippen LogP contribution in [0.4, 0.5) is 5.69 Å². The third-order valence-electron chi connectivity index (χ3n) is 5.51. The Labute approximate surface area is 198 Å². The van der Waals surface area contributed by atoms with Crippen LogP contribution < -0.4 is 15.4 Å². The fraction of sp³-hybridized carbons (Fsp3) is 0.333. The number of benzene rings is 2. The SMILES string of the molecule is COc1ccc(/C=C/C(=O)Nc2cccc(C(=O)NC3CC3)c2)cc1S(=O)(=O)N1CCOCC1. The van der Waals surface area contributed by atoms with Crippen LogP contribution in [0, 0.1) is 0 Å². The van der Waals surface area contributed by atoms with Gasteiger partial charge in [0.05, 0.1) is 20.3 Å². The van der Waals surface area contributed by atoms with Crippen molar-refractivity contribution in [1.82, 2.24) is 9.62 Å². The Morgan fingerprint density at radius 1 is 1.12 bits per heavy atom. The van der Waals surface area contributed by atoms with Crippen molar-refractivity contribution in [2.45, 2.75) is 23.8 Å². The van der Waals surface area contributed by atoms with E-state index in [0.29, 0.717) is 30.0 Å². The smallest absolute Gasteiger partial charge is 0.251 e. The second-order valence-electron chi connectivity index (χ2n) is 8.08. The van der Waals surface area contributed by atoms with Crippen molar-refractivity contribution in [3.8, 4) is 5.75 Å². The molecule has 2 aromatic carbocycles. The topological polar surface area (TPSA) is 114 Å². The molecular formula is C24H27N3O6S. The Morgan fingerprint density at radius 3 is 2.59 bits per heavy atom. The van der Waals surface area contributed by atoms with Crippen molar-refractivity contribution >= 4 is 33.6 Å². The number of morpholine rings is 1. The number of anilines is 1. The first-order chi connectivity index (χ1) is 16.4. The lowest BCUT2D eigenvalue weighted by atomic mass is 10.1. The first-order valence-corrected chi connectivity index (χ1v) is 12.5. The first-order valence-electron chi connectivity index (χ1n) is 11.0. The Balaban J connectivity index is 1.46. The maximum Gasteiger partial charge on any atom is 0.251 e. The molecule has 2 aliphatic rings. The second-order valence-corrected chi connectivity index (χ2v) is 9.98. The maximum absolute atomic E-state index is 13.1. The number of ether oxygens (including phenoxy) is 2. The summed E-state index contributed by atoms with van der Waals surface area (Å²) in [5.41, 5.74) is 1.49. The molecule has 0 aromatic heterocycles. The summed E-state index contributed by atoms with van der Waals surface area (Å²) in [7, 11) is -2.36. The largest absolute Gasteiger partial charge is 0.495 e. The van der Waals surface area contributed by atoms with Crippen LogP contribution in [0.25, 0.3) is 6.08 Å². The van der Waals surface area contributed by atoms with Crippen LogP contribution in [0.2, 0.25) is 0 Å². The molecular weight excluding hydrogens is 458 g/mol. The number of carbonyl (C=O) groups is 2. The zero-order chi connectivity index (χ0) is 24.1. The monoisotopic (exact) mass is 485 g/mol. The number of carbonyl (C=O) groups excluding carboxylic acids is 2. The minimum Gasteiger partial charge on any atom is -0.495 e. The highest BCUT2D eigenvalue weighted by Gasteiger charge is 2.29. The van der Waals surface area contributed by atoms with E-state index >= 15 is 0 Å². The fourth-order valence-electron chi connectivity index (χ4n) is 3.52. The third kappa shape index (κ3) is 5.82. The van der Waals surface area contributed by atoms with Gasteiger partial charge in [-0.25, -0.2) is 8.42 Å². The quantitative estimate of drug-likeness (QED) is 0.555. The van der Waals surface area contributed by atoms with Crippen LogP contribution in [0.1, 0.15) is 28.8 Å². The lowest BCUT2D eigenvalue weighted by molar-refractivity contribution is -0.111. The molecule has 0 radical (unpaired) electrons. The summed E-state index contributed by atoms with van der Waals surface area (Å²) >= 11 is 0.